The number of nitrogens with zero attached hydrogens (tertiary/aromatic N) is 1. The minimum absolute atomic E-state index is 0.478. The van der Waals surface area contributed by atoms with Crippen LogP contribution in [0.4, 0.5) is 17.1 Å². The molecule has 1 spiro atoms. The standard InChI is InChI=1S/C59H37NO/c1-3-18-38(19-4-1)42-23-12-16-32-54(42)60(55-33-17-28-48-56-43-24-8-7-22-40(43)36-49(58(56)61-57(48)55)39-20-5-2-6-21-39)41-34-35-47-46-27-11-15-31-52(46)59(53(47)37-41)50-29-13-9-25-44(50)45-26-10-14-30-51(45)59/h1-37H. The summed E-state index contributed by atoms with van der Waals surface area (Å²) >= 11 is 0. The Morgan fingerprint density at radius 3 is 1.51 bits per heavy atom. The smallest absolute Gasteiger partial charge is 0.159 e. The summed E-state index contributed by atoms with van der Waals surface area (Å²) < 4.78 is 7.33. The molecule has 0 fully saturated rings. The van der Waals surface area contributed by atoms with Gasteiger partial charge in [0.05, 0.1) is 16.8 Å². The molecule has 0 unspecified atom stereocenters. The number of anilines is 3. The molecule has 13 rings (SSSR count). The van der Waals surface area contributed by atoms with Gasteiger partial charge in [-0.25, -0.2) is 0 Å². The maximum absolute atomic E-state index is 7.33. The van der Waals surface area contributed by atoms with Crippen LogP contribution in [0, 0.1) is 0 Å². The SMILES string of the molecule is c1ccc(-c2ccccc2N(c2ccc3c(c2)C2(c4ccccc4-c4ccccc42)c2ccccc2-3)c2cccc3c2oc2c(-c4ccccc4)cc4ccccc4c23)cc1. The Balaban J connectivity index is 1.13. The number of furan rings is 1. The monoisotopic (exact) mass is 775 g/mol. The van der Waals surface area contributed by atoms with Crippen LogP contribution in [0.5, 0.6) is 0 Å². The fourth-order valence-electron chi connectivity index (χ4n) is 10.8. The van der Waals surface area contributed by atoms with Crippen LogP contribution >= 0.6 is 0 Å². The van der Waals surface area contributed by atoms with Gasteiger partial charge in [0, 0.05) is 27.6 Å². The number of fused-ring (bicyclic) bond motifs is 15. The molecule has 10 aromatic carbocycles. The zero-order valence-electron chi connectivity index (χ0n) is 33.2. The molecule has 2 heteroatoms. The van der Waals surface area contributed by atoms with E-state index >= 15 is 0 Å². The molecular formula is C59H37NO. The summed E-state index contributed by atoms with van der Waals surface area (Å²) in [4.78, 5) is 2.45. The lowest BCUT2D eigenvalue weighted by Crippen LogP contribution is -2.26. The predicted molar refractivity (Wildman–Crippen MR) is 253 cm³/mol. The number of hydrogen-bond donors (Lipinski definition) is 0. The third kappa shape index (κ3) is 4.73. The summed E-state index contributed by atoms with van der Waals surface area (Å²) in [5, 5.41) is 4.59. The van der Waals surface area contributed by atoms with Crippen LogP contribution in [0.3, 0.4) is 0 Å². The Morgan fingerprint density at radius 1 is 0.328 bits per heavy atom. The van der Waals surface area contributed by atoms with Crippen molar-refractivity contribution in [1.29, 1.82) is 0 Å². The fourth-order valence-corrected chi connectivity index (χ4v) is 10.8. The van der Waals surface area contributed by atoms with E-state index in [2.05, 4.69) is 229 Å². The van der Waals surface area contributed by atoms with Gasteiger partial charge in [-0.3, -0.25) is 0 Å². The van der Waals surface area contributed by atoms with Crippen molar-refractivity contribution >= 4 is 49.8 Å². The number of benzene rings is 10. The molecule has 0 saturated carbocycles. The maximum Gasteiger partial charge on any atom is 0.159 e. The molecule has 2 aliphatic rings. The average Bonchev–Trinajstić information content (AvgIpc) is 3.97. The summed E-state index contributed by atoms with van der Waals surface area (Å²) in [6.07, 6.45) is 0. The van der Waals surface area contributed by atoms with Gasteiger partial charge in [-0.1, -0.05) is 194 Å². The van der Waals surface area contributed by atoms with E-state index in [1.807, 2.05) is 0 Å². The lowest BCUT2D eigenvalue weighted by Gasteiger charge is -2.32. The van der Waals surface area contributed by atoms with Crippen LogP contribution in [-0.2, 0) is 5.41 Å². The van der Waals surface area contributed by atoms with E-state index in [0.29, 0.717) is 0 Å². The van der Waals surface area contributed by atoms with E-state index in [9.17, 15) is 0 Å². The highest BCUT2D eigenvalue weighted by Gasteiger charge is 2.51. The zero-order chi connectivity index (χ0) is 40.1. The van der Waals surface area contributed by atoms with Crippen LogP contribution in [0.25, 0.3) is 77.2 Å². The number of para-hydroxylation sites is 2. The fraction of sp³-hybridized carbons (Fsp3) is 0.0169. The minimum atomic E-state index is -0.478. The number of rotatable bonds is 5. The average molecular weight is 776 g/mol. The van der Waals surface area contributed by atoms with Gasteiger partial charge in [0.15, 0.2) is 5.58 Å². The van der Waals surface area contributed by atoms with Crippen molar-refractivity contribution < 1.29 is 4.42 Å². The Hall–Kier alpha value is -7.94. The first-order valence-corrected chi connectivity index (χ1v) is 21.1. The molecule has 1 aromatic heterocycles. The molecule has 0 saturated heterocycles. The summed E-state index contributed by atoms with van der Waals surface area (Å²) in [6, 6.07) is 82.0. The van der Waals surface area contributed by atoms with E-state index in [1.54, 1.807) is 0 Å². The van der Waals surface area contributed by atoms with E-state index in [4.69, 9.17) is 4.42 Å². The molecule has 0 N–H and O–H groups in total. The first-order valence-electron chi connectivity index (χ1n) is 21.1. The second kappa shape index (κ2) is 13.0. The molecule has 2 aliphatic carbocycles. The van der Waals surface area contributed by atoms with Gasteiger partial charge in [0.25, 0.3) is 0 Å². The second-order valence-electron chi connectivity index (χ2n) is 16.3. The van der Waals surface area contributed by atoms with Gasteiger partial charge in [0.2, 0.25) is 0 Å². The molecule has 0 aliphatic heterocycles. The highest BCUT2D eigenvalue weighted by molar-refractivity contribution is 6.24. The van der Waals surface area contributed by atoms with Crippen molar-refractivity contribution in [3.63, 3.8) is 0 Å². The molecule has 11 aromatic rings. The molecule has 0 bridgehead atoms. The molecular weight excluding hydrogens is 739 g/mol. The Bertz CT molecular complexity index is 3480. The summed E-state index contributed by atoms with van der Waals surface area (Å²) in [6.45, 7) is 0. The van der Waals surface area contributed by atoms with Crippen molar-refractivity contribution in [2.75, 3.05) is 4.90 Å². The molecule has 0 amide bonds. The van der Waals surface area contributed by atoms with E-state index in [-0.39, 0.29) is 0 Å². The third-order valence-electron chi connectivity index (χ3n) is 13.3. The van der Waals surface area contributed by atoms with Crippen molar-refractivity contribution in [3.05, 3.63) is 247 Å². The van der Waals surface area contributed by atoms with Crippen molar-refractivity contribution in [3.8, 4) is 44.5 Å². The summed E-state index contributed by atoms with van der Waals surface area (Å²) in [7, 11) is 0. The summed E-state index contributed by atoms with van der Waals surface area (Å²) in [5.41, 5.74) is 19.3. The maximum atomic E-state index is 7.33. The molecule has 0 atom stereocenters. The van der Waals surface area contributed by atoms with Crippen molar-refractivity contribution in [2.45, 2.75) is 5.41 Å². The lowest BCUT2D eigenvalue weighted by molar-refractivity contribution is 0.670. The normalized spacial score (nSPS) is 13.0. The molecule has 2 nitrogen and oxygen atoms in total. The van der Waals surface area contributed by atoms with Gasteiger partial charge in [-0.05, 0) is 96.7 Å². The molecule has 284 valence electrons. The first kappa shape index (κ1) is 34.0. The Kier molecular flexibility index (Phi) is 7.26. The van der Waals surface area contributed by atoms with E-state index in [0.717, 1.165) is 61.3 Å². The Labute approximate surface area is 354 Å². The predicted octanol–water partition coefficient (Wildman–Crippen LogP) is 15.9. The van der Waals surface area contributed by atoms with Gasteiger partial charge in [-0.15, -0.1) is 0 Å². The quantitative estimate of drug-likeness (QED) is 0.173. The molecule has 1 heterocycles. The van der Waals surface area contributed by atoms with Gasteiger partial charge < -0.3 is 9.32 Å². The van der Waals surface area contributed by atoms with E-state index < -0.39 is 5.41 Å². The first-order chi connectivity index (χ1) is 30.3. The van der Waals surface area contributed by atoms with Crippen molar-refractivity contribution in [2.24, 2.45) is 0 Å². The van der Waals surface area contributed by atoms with Crippen LogP contribution in [0.1, 0.15) is 22.3 Å². The van der Waals surface area contributed by atoms with Gasteiger partial charge in [-0.2, -0.15) is 0 Å². The lowest BCUT2D eigenvalue weighted by atomic mass is 9.70. The highest BCUT2D eigenvalue weighted by atomic mass is 16.3. The minimum Gasteiger partial charge on any atom is -0.453 e. The molecule has 0 radical (unpaired) electrons. The van der Waals surface area contributed by atoms with E-state index in [1.165, 1.54) is 55.3 Å². The van der Waals surface area contributed by atoms with Crippen LogP contribution in [0.2, 0.25) is 0 Å². The number of hydrogen-bond acceptors (Lipinski definition) is 2. The molecule has 61 heavy (non-hydrogen) atoms. The largest absolute Gasteiger partial charge is 0.453 e. The summed E-state index contributed by atoms with van der Waals surface area (Å²) in [5.74, 6) is 0. The van der Waals surface area contributed by atoms with Crippen LogP contribution in [0.15, 0.2) is 229 Å². The zero-order valence-corrected chi connectivity index (χ0v) is 33.2. The Morgan fingerprint density at radius 2 is 0.836 bits per heavy atom. The van der Waals surface area contributed by atoms with Gasteiger partial charge >= 0.3 is 0 Å². The van der Waals surface area contributed by atoms with Gasteiger partial charge in [0.1, 0.15) is 5.58 Å². The van der Waals surface area contributed by atoms with Crippen molar-refractivity contribution in [1.82, 2.24) is 0 Å². The van der Waals surface area contributed by atoms with Crippen LogP contribution < -0.4 is 4.90 Å². The third-order valence-corrected chi connectivity index (χ3v) is 13.3. The second-order valence-corrected chi connectivity index (χ2v) is 16.3. The topological polar surface area (TPSA) is 16.4 Å². The highest BCUT2D eigenvalue weighted by Crippen LogP contribution is 2.63. The van der Waals surface area contributed by atoms with Crippen LogP contribution in [-0.4, -0.2) is 0 Å².